The molecule has 118 valence electrons. The average Bonchev–Trinajstić information content (AvgIpc) is 2.71. The molecule has 20 heavy (non-hydrogen) atoms. The van der Waals surface area contributed by atoms with Crippen LogP contribution in [0, 0.1) is 11.8 Å². The smallest absolute Gasteiger partial charge is 0.0332 e. The molecule has 0 spiro atoms. The van der Waals surface area contributed by atoms with E-state index in [2.05, 4.69) is 37.4 Å². The third-order valence-corrected chi connectivity index (χ3v) is 7.16. The third kappa shape index (κ3) is 3.72. The molecule has 0 amide bonds. The number of hydrogen-bond acceptors (Lipinski definition) is 3. The van der Waals surface area contributed by atoms with Gasteiger partial charge in [-0.3, -0.25) is 4.90 Å². The van der Waals surface area contributed by atoms with E-state index in [4.69, 9.17) is 5.73 Å². The van der Waals surface area contributed by atoms with Gasteiger partial charge in [-0.15, -0.1) is 0 Å². The van der Waals surface area contributed by atoms with Crippen molar-refractivity contribution in [1.82, 2.24) is 4.90 Å². The summed E-state index contributed by atoms with van der Waals surface area (Å²) >= 11 is 2.17. The van der Waals surface area contributed by atoms with E-state index in [9.17, 15) is 0 Å². The average molecular weight is 299 g/mol. The summed E-state index contributed by atoms with van der Waals surface area (Å²) < 4.78 is 0. The molecule has 1 saturated heterocycles. The molecule has 1 aliphatic heterocycles. The number of nitrogens with zero attached hydrogens (tertiary/aromatic N) is 1. The summed E-state index contributed by atoms with van der Waals surface area (Å²) in [5.41, 5.74) is 6.62. The van der Waals surface area contributed by atoms with Crippen LogP contribution in [0.5, 0.6) is 0 Å². The molecule has 2 aliphatic rings. The molecule has 0 aromatic heterocycles. The topological polar surface area (TPSA) is 29.3 Å². The van der Waals surface area contributed by atoms with Gasteiger partial charge in [-0.2, -0.15) is 11.8 Å². The van der Waals surface area contributed by atoms with Crippen LogP contribution in [0.4, 0.5) is 0 Å². The Hall–Kier alpha value is 0.270. The monoisotopic (exact) mass is 298 g/mol. The predicted molar refractivity (Wildman–Crippen MR) is 91.3 cm³/mol. The number of thioether (sulfide) groups is 1. The van der Waals surface area contributed by atoms with Crippen molar-refractivity contribution in [2.24, 2.45) is 17.6 Å². The minimum atomic E-state index is 0.317. The van der Waals surface area contributed by atoms with Gasteiger partial charge in [-0.1, -0.05) is 33.6 Å². The fourth-order valence-corrected chi connectivity index (χ4v) is 5.31. The minimum Gasteiger partial charge on any atom is -0.329 e. The van der Waals surface area contributed by atoms with E-state index in [1.807, 2.05) is 0 Å². The molecular formula is C17H34N2S. The molecule has 3 heteroatoms. The highest BCUT2D eigenvalue weighted by atomic mass is 32.2. The lowest BCUT2D eigenvalue weighted by atomic mass is 9.85. The van der Waals surface area contributed by atoms with Gasteiger partial charge in [-0.25, -0.2) is 0 Å². The van der Waals surface area contributed by atoms with Gasteiger partial charge < -0.3 is 5.73 Å². The SMILES string of the molecule is CCC1CN(C2(CN)CCCC(C(C)C)CC2)CCS1. The van der Waals surface area contributed by atoms with E-state index in [0.29, 0.717) is 5.54 Å². The number of rotatable bonds is 4. The highest BCUT2D eigenvalue weighted by Crippen LogP contribution is 2.39. The molecule has 2 rings (SSSR count). The lowest BCUT2D eigenvalue weighted by Gasteiger charge is -2.47. The molecule has 2 N–H and O–H groups in total. The van der Waals surface area contributed by atoms with Crippen molar-refractivity contribution in [1.29, 1.82) is 0 Å². The van der Waals surface area contributed by atoms with Crippen LogP contribution in [0.1, 0.15) is 59.3 Å². The van der Waals surface area contributed by atoms with Crippen LogP contribution in [-0.2, 0) is 0 Å². The maximum atomic E-state index is 6.30. The molecule has 0 radical (unpaired) electrons. The van der Waals surface area contributed by atoms with Crippen molar-refractivity contribution in [2.75, 3.05) is 25.4 Å². The fraction of sp³-hybridized carbons (Fsp3) is 1.00. The molecule has 2 fully saturated rings. The lowest BCUT2D eigenvalue weighted by Crippen LogP contribution is -2.57. The second kappa shape index (κ2) is 7.51. The molecule has 3 atom stereocenters. The Morgan fingerprint density at radius 3 is 2.75 bits per heavy atom. The van der Waals surface area contributed by atoms with Crippen LogP contribution >= 0.6 is 11.8 Å². The molecule has 0 bridgehead atoms. The predicted octanol–water partition coefficient (Wildman–Crippen LogP) is 3.75. The van der Waals surface area contributed by atoms with Crippen LogP contribution in [0.2, 0.25) is 0 Å². The summed E-state index contributed by atoms with van der Waals surface area (Å²) in [5, 5.41) is 0.830. The summed E-state index contributed by atoms with van der Waals surface area (Å²) in [4.78, 5) is 2.78. The first-order valence-electron chi connectivity index (χ1n) is 8.68. The normalized spacial score (nSPS) is 37.0. The molecule has 0 aromatic rings. The minimum absolute atomic E-state index is 0.317. The number of hydrogen-bond donors (Lipinski definition) is 1. The quantitative estimate of drug-likeness (QED) is 0.802. The van der Waals surface area contributed by atoms with Gasteiger partial charge in [0, 0.05) is 36.2 Å². The Labute approximate surface area is 130 Å². The standard InChI is InChI=1S/C17H34N2S/c1-4-16-12-19(10-11-20-16)17(13-18)8-5-6-15(7-9-17)14(2)3/h14-16H,4-13,18H2,1-3H3. The molecule has 1 saturated carbocycles. The van der Waals surface area contributed by atoms with Gasteiger partial charge in [-0.05, 0) is 37.5 Å². The fourth-order valence-electron chi connectivity index (χ4n) is 4.13. The molecule has 1 heterocycles. The van der Waals surface area contributed by atoms with Gasteiger partial charge in [0.2, 0.25) is 0 Å². The molecular weight excluding hydrogens is 264 g/mol. The summed E-state index contributed by atoms with van der Waals surface area (Å²) in [5.74, 6) is 3.06. The van der Waals surface area contributed by atoms with Gasteiger partial charge >= 0.3 is 0 Å². The van der Waals surface area contributed by atoms with E-state index in [1.54, 1.807) is 0 Å². The second-order valence-corrected chi connectivity index (χ2v) is 8.62. The van der Waals surface area contributed by atoms with E-state index in [1.165, 1.54) is 57.4 Å². The zero-order chi connectivity index (χ0) is 14.6. The van der Waals surface area contributed by atoms with Crippen molar-refractivity contribution in [3.05, 3.63) is 0 Å². The molecule has 1 aliphatic carbocycles. The molecule has 0 aromatic carbocycles. The van der Waals surface area contributed by atoms with Gasteiger partial charge in [0.05, 0.1) is 0 Å². The second-order valence-electron chi connectivity index (χ2n) is 7.21. The first-order chi connectivity index (χ1) is 9.61. The van der Waals surface area contributed by atoms with Crippen molar-refractivity contribution >= 4 is 11.8 Å². The maximum Gasteiger partial charge on any atom is 0.0332 e. The lowest BCUT2D eigenvalue weighted by molar-refractivity contribution is 0.0793. The first-order valence-corrected chi connectivity index (χ1v) is 9.73. The van der Waals surface area contributed by atoms with E-state index < -0.39 is 0 Å². The van der Waals surface area contributed by atoms with Crippen LogP contribution < -0.4 is 5.73 Å². The maximum absolute atomic E-state index is 6.30. The number of nitrogens with two attached hydrogens (primary N) is 1. The van der Waals surface area contributed by atoms with Gasteiger partial charge in [0.25, 0.3) is 0 Å². The Morgan fingerprint density at radius 1 is 1.30 bits per heavy atom. The van der Waals surface area contributed by atoms with Gasteiger partial charge in [0.15, 0.2) is 0 Å². The van der Waals surface area contributed by atoms with E-state index >= 15 is 0 Å². The van der Waals surface area contributed by atoms with Crippen molar-refractivity contribution in [3.8, 4) is 0 Å². The van der Waals surface area contributed by atoms with Crippen molar-refractivity contribution < 1.29 is 0 Å². The summed E-state index contributed by atoms with van der Waals surface area (Å²) in [6, 6.07) is 0. The van der Waals surface area contributed by atoms with Gasteiger partial charge in [0.1, 0.15) is 0 Å². The molecule has 2 nitrogen and oxygen atoms in total. The summed E-state index contributed by atoms with van der Waals surface area (Å²) in [6.45, 7) is 10.5. The van der Waals surface area contributed by atoms with Crippen LogP contribution in [-0.4, -0.2) is 41.1 Å². The summed E-state index contributed by atoms with van der Waals surface area (Å²) in [7, 11) is 0. The van der Waals surface area contributed by atoms with Crippen LogP contribution in [0.15, 0.2) is 0 Å². The Morgan fingerprint density at radius 2 is 2.10 bits per heavy atom. The highest BCUT2D eigenvalue weighted by Gasteiger charge is 2.39. The Bertz CT molecular complexity index is 295. The first kappa shape index (κ1) is 16.6. The zero-order valence-electron chi connectivity index (χ0n) is 13.7. The van der Waals surface area contributed by atoms with Crippen LogP contribution in [0.25, 0.3) is 0 Å². The van der Waals surface area contributed by atoms with Crippen molar-refractivity contribution in [2.45, 2.75) is 70.1 Å². The van der Waals surface area contributed by atoms with E-state index in [-0.39, 0.29) is 0 Å². The van der Waals surface area contributed by atoms with Crippen molar-refractivity contribution in [3.63, 3.8) is 0 Å². The van der Waals surface area contributed by atoms with Crippen LogP contribution in [0.3, 0.4) is 0 Å². The Kier molecular flexibility index (Phi) is 6.25. The Balaban J connectivity index is 2.04. The third-order valence-electron chi connectivity index (χ3n) is 5.79. The highest BCUT2D eigenvalue weighted by molar-refractivity contribution is 8.00. The largest absolute Gasteiger partial charge is 0.329 e. The van der Waals surface area contributed by atoms with E-state index in [0.717, 1.165) is 23.6 Å². The zero-order valence-corrected chi connectivity index (χ0v) is 14.6. The molecule has 3 unspecified atom stereocenters. The summed E-state index contributed by atoms with van der Waals surface area (Å²) in [6.07, 6.45) is 8.13.